The average Bonchev–Trinajstić information content (AvgIpc) is 3.65. The van der Waals surface area contributed by atoms with Crippen molar-refractivity contribution in [3.05, 3.63) is 188 Å². The SMILES string of the molecule is [2H]c1c([2H])c([2H])c2c(c1[2H])c([2H])c([2H])c1c([2H])c(N(c3ccc(-c4cccc5ccccc45)cc3)c3cccc(-c4cccc5oc6ccccc6c45)c3)c([2H])c([2H])c12. The summed E-state index contributed by atoms with van der Waals surface area (Å²) in [6.45, 7) is 0. The zero-order chi connectivity index (χ0) is 40.9. The molecule has 0 saturated carbocycles. The normalized spacial score (nSPS) is 14.1. The van der Waals surface area contributed by atoms with Crippen molar-refractivity contribution in [2.45, 2.75) is 0 Å². The molecular formula is C48H31NO. The molecule has 2 nitrogen and oxygen atoms in total. The summed E-state index contributed by atoms with van der Waals surface area (Å²) in [4.78, 5) is 1.72. The number of nitrogens with zero attached hydrogens (tertiary/aromatic N) is 1. The van der Waals surface area contributed by atoms with Crippen LogP contribution < -0.4 is 4.90 Å². The Kier molecular flexibility index (Phi) is 4.76. The molecule has 9 aromatic carbocycles. The molecule has 0 fully saturated rings. The lowest BCUT2D eigenvalue weighted by Crippen LogP contribution is -2.10. The molecular weight excluding hydrogens is 607 g/mol. The highest BCUT2D eigenvalue weighted by Crippen LogP contribution is 2.42. The summed E-state index contributed by atoms with van der Waals surface area (Å²) in [5.74, 6) is 0. The van der Waals surface area contributed by atoms with Crippen LogP contribution in [0.3, 0.4) is 0 Å². The Labute approximate surface area is 302 Å². The quantitative estimate of drug-likeness (QED) is 0.173. The number of anilines is 3. The summed E-state index contributed by atoms with van der Waals surface area (Å²) in [6, 6.07) is 39.3. The molecule has 2 heteroatoms. The van der Waals surface area contributed by atoms with Gasteiger partial charge in [-0.1, -0.05) is 139 Å². The molecule has 234 valence electrons. The number of para-hydroxylation sites is 1. The van der Waals surface area contributed by atoms with Gasteiger partial charge in [0.1, 0.15) is 11.2 Å². The summed E-state index contributed by atoms with van der Waals surface area (Å²) in [5.41, 5.74) is 6.32. The first kappa shape index (κ1) is 20.7. The maximum atomic E-state index is 9.75. The van der Waals surface area contributed by atoms with Gasteiger partial charge in [0.2, 0.25) is 0 Å². The smallest absolute Gasteiger partial charge is 0.136 e. The Bertz CT molecular complexity index is 3390. The third kappa shape index (κ3) is 4.65. The van der Waals surface area contributed by atoms with Gasteiger partial charge in [-0.2, -0.15) is 0 Å². The predicted molar refractivity (Wildman–Crippen MR) is 212 cm³/mol. The van der Waals surface area contributed by atoms with E-state index in [0.717, 1.165) is 55.0 Å². The molecule has 0 radical (unpaired) electrons. The molecule has 0 spiro atoms. The van der Waals surface area contributed by atoms with E-state index >= 15 is 0 Å². The van der Waals surface area contributed by atoms with E-state index in [1.165, 1.54) is 0 Å². The molecule has 10 rings (SSSR count). The van der Waals surface area contributed by atoms with Gasteiger partial charge < -0.3 is 9.32 Å². The average molecular weight is 647 g/mol. The van der Waals surface area contributed by atoms with Gasteiger partial charge in [0, 0.05) is 27.8 Å². The summed E-state index contributed by atoms with van der Waals surface area (Å²) in [5, 5.41) is 3.43. The van der Waals surface area contributed by atoms with Gasteiger partial charge in [0.05, 0.1) is 12.3 Å². The Morgan fingerprint density at radius 1 is 0.420 bits per heavy atom. The zero-order valence-corrected chi connectivity index (χ0v) is 26.6. The van der Waals surface area contributed by atoms with Crippen molar-refractivity contribution >= 4 is 71.3 Å². The number of fused-ring (bicyclic) bond motifs is 7. The van der Waals surface area contributed by atoms with Crippen molar-refractivity contribution in [1.82, 2.24) is 0 Å². The fraction of sp³-hybridized carbons (Fsp3) is 0. The molecule has 0 bridgehead atoms. The fourth-order valence-corrected chi connectivity index (χ4v) is 7.01. The largest absolute Gasteiger partial charge is 0.456 e. The number of furan rings is 1. The maximum absolute atomic E-state index is 9.75. The van der Waals surface area contributed by atoms with Gasteiger partial charge in [-0.3, -0.25) is 0 Å². The Balaban J connectivity index is 1.25. The fourth-order valence-electron chi connectivity index (χ4n) is 7.01. The second-order valence-corrected chi connectivity index (χ2v) is 12.2. The molecule has 1 aromatic heterocycles. The maximum Gasteiger partial charge on any atom is 0.136 e. The van der Waals surface area contributed by atoms with Gasteiger partial charge >= 0.3 is 0 Å². The third-order valence-electron chi connectivity index (χ3n) is 9.32. The first-order valence-electron chi connectivity index (χ1n) is 20.9. The van der Waals surface area contributed by atoms with Crippen LogP contribution in [0.4, 0.5) is 17.1 Å². The first-order chi connectivity index (χ1) is 28.5. The lowest BCUT2D eigenvalue weighted by atomic mass is 9.97. The van der Waals surface area contributed by atoms with Crippen molar-refractivity contribution in [1.29, 1.82) is 0 Å². The predicted octanol–water partition coefficient (Wildman–Crippen LogP) is 13.8. The summed E-state index contributed by atoms with van der Waals surface area (Å²) in [7, 11) is 0. The Hall–Kier alpha value is -6.64. The van der Waals surface area contributed by atoms with Gasteiger partial charge in [-0.15, -0.1) is 0 Å². The molecule has 0 atom stereocenters. The highest BCUT2D eigenvalue weighted by atomic mass is 16.3. The lowest BCUT2D eigenvalue weighted by molar-refractivity contribution is 0.669. The monoisotopic (exact) mass is 646 g/mol. The van der Waals surface area contributed by atoms with E-state index in [9.17, 15) is 4.11 Å². The second kappa shape index (κ2) is 11.5. The van der Waals surface area contributed by atoms with Crippen molar-refractivity contribution in [2.24, 2.45) is 0 Å². The van der Waals surface area contributed by atoms with Gasteiger partial charge in [0.15, 0.2) is 0 Å². The standard InChI is InChI=1S/C48H31NO/c1-3-15-40-32(10-1)12-8-18-42(40)34-24-26-37(27-25-34)49(39-28-29-43-36(31-39)23-22-33-11-2-4-16-41(33)43)38-14-7-13-35(30-38)44-19-9-21-47-48(44)45-17-5-6-20-46(45)50-47/h1-31H/i2D,4D,11D,16D,22D,23D,28D,29D,31D. The van der Waals surface area contributed by atoms with Crippen LogP contribution >= 0.6 is 0 Å². The minimum Gasteiger partial charge on any atom is -0.456 e. The van der Waals surface area contributed by atoms with Crippen LogP contribution in [-0.4, -0.2) is 0 Å². The number of hydrogen-bond donors (Lipinski definition) is 0. The van der Waals surface area contributed by atoms with Crippen LogP contribution in [0.2, 0.25) is 0 Å². The van der Waals surface area contributed by atoms with Crippen molar-refractivity contribution in [3.63, 3.8) is 0 Å². The molecule has 50 heavy (non-hydrogen) atoms. The van der Waals surface area contributed by atoms with E-state index in [1.807, 2.05) is 109 Å². The van der Waals surface area contributed by atoms with E-state index in [4.69, 9.17) is 12.6 Å². The third-order valence-corrected chi connectivity index (χ3v) is 9.32. The molecule has 0 saturated heterocycles. The zero-order valence-electron chi connectivity index (χ0n) is 35.6. The Morgan fingerprint density at radius 2 is 1.14 bits per heavy atom. The first-order valence-corrected chi connectivity index (χ1v) is 16.4. The summed E-state index contributed by atoms with van der Waals surface area (Å²) >= 11 is 0. The van der Waals surface area contributed by atoms with Crippen molar-refractivity contribution in [3.8, 4) is 22.3 Å². The molecule has 1 heterocycles. The van der Waals surface area contributed by atoms with Crippen molar-refractivity contribution in [2.75, 3.05) is 4.90 Å². The Morgan fingerprint density at radius 3 is 2.08 bits per heavy atom. The van der Waals surface area contributed by atoms with Gasteiger partial charge in [-0.05, 0) is 103 Å². The van der Waals surface area contributed by atoms with E-state index in [0.29, 0.717) is 11.4 Å². The van der Waals surface area contributed by atoms with Crippen LogP contribution in [0.1, 0.15) is 12.3 Å². The van der Waals surface area contributed by atoms with E-state index in [2.05, 4.69) is 24.3 Å². The second-order valence-electron chi connectivity index (χ2n) is 12.2. The number of rotatable bonds is 5. The molecule has 0 aliphatic heterocycles. The van der Waals surface area contributed by atoms with Gasteiger partial charge in [0.25, 0.3) is 0 Å². The topological polar surface area (TPSA) is 16.4 Å². The number of benzene rings is 9. The highest BCUT2D eigenvalue weighted by molar-refractivity contribution is 6.13. The molecule has 0 N–H and O–H groups in total. The lowest BCUT2D eigenvalue weighted by Gasteiger charge is -2.27. The molecule has 0 aliphatic carbocycles. The summed E-state index contributed by atoms with van der Waals surface area (Å²) in [6.07, 6.45) is 0. The van der Waals surface area contributed by atoms with Crippen LogP contribution in [0.5, 0.6) is 0 Å². The summed E-state index contributed by atoms with van der Waals surface area (Å²) < 4.78 is 87.1. The van der Waals surface area contributed by atoms with E-state index in [-0.39, 0.29) is 39.3 Å². The minimum absolute atomic E-state index is 0.0161. The van der Waals surface area contributed by atoms with Crippen LogP contribution in [0.15, 0.2) is 192 Å². The number of hydrogen-bond acceptors (Lipinski definition) is 2. The van der Waals surface area contributed by atoms with E-state index in [1.54, 1.807) is 4.90 Å². The van der Waals surface area contributed by atoms with Gasteiger partial charge in [-0.25, -0.2) is 0 Å². The van der Waals surface area contributed by atoms with E-state index < -0.39 is 42.3 Å². The van der Waals surface area contributed by atoms with Crippen molar-refractivity contribution < 1.29 is 16.8 Å². The minimum atomic E-state index is -0.563. The highest BCUT2D eigenvalue weighted by Gasteiger charge is 2.17. The molecule has 0 aliphatic rings. The van der Waals surface area contributed by atoms with Crippen LogP contribution in [-0.2, 0) is 0 Å². The van der Waals surface area contributed by atoms with Crippen LogP contribution in [0, 0.1) is 0 Å². The molecule has 10 aromatic rings. The molecule has 0 unspecified atom stereocenters. The van der Waals surface area contributed by atoms with Crippen LogP contribution in [0.25, 0.3) is 76.5 Å². The molecule has 0 amide bonds.